The lowest BCUT2D eigenvalue weighted by atomic mass is 9.89. The van der Waals surface area contributed by atoms with E-state index < -0.39 is 6.10 Å². The van der Waals surface area contributed by atoms with Gasteiger partial charge in [-0.2, -0.15) is 0 Å². The van der Waals surface area contributed by atoms with Crippen LogP contribution in [0.15, 0.2) is 22.8 Å². The minimum absolute atomic E-state index is 0.0206. The second-order valence-corrected chi connectivity index (χ2v) is 7.43. The van der Waals surface area contributed by atoms with Crippen LogP contribution in [0.25, 0.3) is 0 Å². The highest BCUT2D eigenvalue weighted by molar-refractivity contribution is 5.74. The lowest BCUT2D eigenvalue weighted by Crippen LogP contribution is -2.46. The third kappa shape index (κ3) is 3.89. The van der Waals surface area contributed by atoms with Crippen LogP contribution in [0.3, 0.4) is 0 Å². The summed E-state index contributed by atoms with van der Waals surface area (Å²) in [4.78, 5) is 14.4. The summed E-state index contributed by atoms with van der Waals surface area (Å²) in [5.41, 5.74) is 0.262. The smallest absolute Gasteiger partial charge is 0.317 e. The minimum atomic E-state index is -0.643. The van der Waals surface area contributed by atoms with Gasteiger partial charge in [0.05, 0.1) is 6.26 Å². The monoisotopic (exact) mass is 320 g/mol. The lowest BCUT2D eigenvalue weighted by molar-refractivity contribution is 0.107. The number of hydrogen-bond donors (Lipinski definition) is 2. The number of likely N-dealkylation sites (tertiary alicyclic amines) is 1. The molecule has 0 radical (unpaired) electrons. The molecule has 5 heteroatoms. The van der Waals surface area contributed by atoms with Crippen molar-refractivity contribution in [3.63, 3.8) is 0 Å². The summed E-state index contributed by atoms with van der Waals surface area (Å²) in [6.45, 7) is 3.80. The van der Waals surface area contributed by atoms with E-state index in [1.54, 1.807) is 18.4 Å². The average molecular weight is 320 g/mol. The number of aliphatic hydroxyl groups is 1. The normalized spacial score (nSPS) is 24.8. The van der Waals surface area contributed by atoms with Gasteiger partial charge in [0.25, 0.3) is 0 Å². The highest BCUT2D eigenvalue weighted by Gasteiger charge is 2.33. The van der Waals surface area contributed by atoms with Crippen LogP contribution >= 0.6 is 0 Å². The van der Waals surface area contributed by atoms with E-state index in [9.17, 15) is 9.90 Å². The van der Waals surface area contributed by atoms with Crippen LogP contribution in [0.1, 0.15) is 63.7 Å². The van der Waals surface area contributed by atoms with Crippen LogP contribution in [0.4, 0.5) is 4.79 Å². The first-order valence-electron chi connectivity index (χ1n) is 8.83. The predicted octanol–water partition coefficient (Wildman–Crippen LogP) is 3.46. The van der Waals surface area contributed by atoms with E-state index in [1.807, 2.05) is 4.90 Å². The largest absolute Gasteiger partial charge is 0.467 e. The fourth-order valence-electron chi connectivity index (χ4n) is 4.00. The molecule has 0 aromatic carbocycles. The molecular weight excluding hydrogens is 292 g/mol. The Kier molecular flexibility index (Phi) is 4.95. The standard InChI is InChI=1S/C18H28N2O3/c1-18(8-2-3-9-18)13-19-17(22)20-10-4-6-14(20)12-15(21)16-7-5-11-23-16/h5,7,11,14-15,21H,2-4,6,8-10,12-13H2,1H3,(H,19,22). The van der Waals surface area contributed by atoms with Crippen molar-refractivity contribution in [3.8, 4) is 0 Å². The molecule has 1 aliphatic carbocycles. The van der Waals surface area contributed by atoms with Crippen LogP contribution < -0.4 is 5.32 Å². The van der Waals surface area contributed by atoms with Crippen molar-refractivity contribution < 1.29 is 14.3 Å². The Morgan fingerprint density at radius 3 is 2.96 bits per heavy atom. The van der Waals surface area contributed by atoms with Crippen molar-refractivity contribution in [3.05, 3.63) is 24.2 Å². The van der Waals surface area contributed by atoms with Gasteiger partial charge in [-0.25, -0.2) is 4.79 Å². The molecule has 2 atom stereocenters. The zero-order chi connectivity index (χ0) is 16.3. The number of carbonyl (C=O) groups is 1. The highest BCUT2D eigenvalue weighted by Crippen LogP contribution is 2.37. The van der Waals surface area contributed by atoms with E-state index >= 15 is 0 Å². The first-order chi connectivity index (χ1) is 11.1. The third-order valence-electron chi connectivity index (χ3n) is 5.48. The number of hydrogen-bond acceptors (Lipinski definition) is 3. The summed E-state index contributed by atoms with van der Waals surface area (Å²) in [7, 11) is 0. The van der Waals surface area contributed by atoms with E-state index in [0.717, 1.165) is 25.9 Å². The lowest BCUT2D eigenvalue weighted by Gasteiger charge is -2.29. The zero-order valence-corrected chi connectivity index (χ0v) is 14.0. The molecule has 1 aromatic heterocycles. The molecule has 2 aliphatic rings. The highest BCUT2D eigenvalue weighted by atomic mass is 16.4. The van der Waals surface area contributed by atoms with E-state index in [1.165, 1.54) is 25.7 Å². The predicted molar refractivity (Wildman–Crippen MR) is 88.0 cm³/mol. The number of amides is 2. The van der Waals surface area contributed by atoms with Gasteiger partial charge in [0.2, 0.25) is 0 Å². The summed E-state index contributed by atoms with van der Waals surface area (Å²) in [5.74, 6) is 0.579. The molecule has 0 bridgehead atoms. The van der Waals surface area contributed by atoms with Crippen LogP contribution in [-0.2, 0) is 0 Å². The Morgan fingerprint density at radius 1 is 1.48 bits per heavy atom. The summed E-state index contributed by atoms with van der Waals surface area (Å²) in [5, 5.41) is 13.4. The summed E-state index contributed by atoms with van der Waals surface area (Å²) >= 11 is 0. The molecule has 128 valence electrons. The average Bonchev–Trinajstić information content (AvgIpc) is 3.26. The molecule has 1 saturated carbocycles. The van der Waals surface area contributed by atoms with Gasteiger partial charge in [-0.05, 0) is 43.2 Å². The van der Waals surface area contributed by atoms with Crippen molar-refractivity contribution in [1.29, 1.82) is 0 Å². The maximum Gasteiger partial charge on any atom is 0.317 e. The molecule has 1 aliphatic heterocycles. The van der Waals surface area contributed by atoms with E-state index in [0.29, 0.717) is 12.2 Å². The van der Waals surface area contributed by atoms with Crippen LogP contribution in [0, 0.1) is 5.41 Å². The molecule has 0 spiro atoms. The molecule has 2 heterocycles. The SMILES string of the molecule is CC1(CNC(=O)N2CCCC2CC(O)c2ccco2)CCCC1. The second-order valence-electron chi connectivity index (χ2n) is 7.43. The van der Waals surface area contributed by atoms with Crippen LogP contribution in [-0.4, -0.2) is 35.2 Å². The van der Waals surface area contributed by atoms with E-state index in [4.69, 9.17) is 4.42 Å². The van der Waals surface area contributed by atoms with Gasteiger partial charge in [-0.1, -0.05) is 19.8 Å². The molecule has 2 unspecified atom stereocenters. The Bertz CT molecular complexity index is 508. The quantitative estimate of drug-likeness (QED) is 0.873. The molecule has 2 amide bonds. The molecule has 1 aromatic rings. The van der Waals surface area contributed by atoms with Crippen LogP contribution in [0.2, 0.25) is 0 Å². The van der Waals surface area contributed by atoms with Crippen LogP contribution in [0.5, 0.6) is 0 Å². The van der Waals surface area contributed by atoms with Crippen molar-refractivity contribution in [1.82, 2.24) is 10.2 Å². The molecule has 2 N–H and O–H groups in total. The van der Waals surface area contributed by atoms with Crippen molar-refractivity contribution in [2.45, 2.75) is 64.0 Å². The number of rotatable bonds is 5. The molecule has 1 saturated heterocycles. The maximum absolute atomic E-state index is 12.5. The first kappa shape index (κ1) is 16.4. The zero-order valence-electron chi connectivity index (χ0n) is 14.0. The van der Waals surface area contributed by atoms with Gasteiger partial charge in [-0.15, -0.1) is 0 Å². The fourth-order valence-corrected chi connectivity index (χ4v) is 4.00. The number of urea groups is 1. The minimum Gasteiger partial charge on any atom is -0.467 e. The number of furan rings is 1. The number of nitrogens with zero attached hydrogens (tertiary/aromatic N) is 1. The maximum atomic E-state index is 12.5. The van der Waals surface area contributed by atoms with Gasteiger partial charge in [0, 0.05) is 25.6 Å². The second kappa shape index (κ2) is 6.95. The molecular formula is C18H28N2O3. The Balaban J connectivity index is 1.52. The van der Waals surface area contributed by atoms with Gasteiger partial charge < -0.3 is 19.7 Å². The van der Waals surface area contributed by atoms with Gasteiger partial charge >= 0.3 is 6.03 Å². The molecule has 3 rings (SSSR count). The number of nitrogens with one attached hydrogen (secondary N) is 1. The Labute approximate surface area is 138 Å². The Morgan fingerprint density at radius 2 is 2.26 bits per heavy atom. The van der Waals surface area contributed by atoms with Gasteiger partial charge in [-0.3, -0.25) is 0 Å². The fraction of sp³-hybridized carbons (Fsp3) is 0.722. The number of carbonyl (C=O) groups excluding carboxylic acids is 1. The summed E-state index contributed by atoms with van der Waals surface area (Å²) < 4.78 is 5.26. The van der Waals surface area contributed by atoms with Crippen molar-refractivity contribution in [2.75, 3.05) is 13.1 Å². The molecule has 23 heavy (non-hydrogen) atoms. The van der Waals surface area contributed by atoms with Crippen molar-refractivity contribution >= 4 is 6.03 Å². The summed E-state index contributed by atoms with van der Waals surface area (Å²) in [6, 6.07) is 3.67. The number of aliphatic hydroxyl groups excluding tert-OH is 1. The van der Waals surface area contributed by atoms with Gasteiger partial charge in [0.15, 0.2) is 0 Å². The Hall–Kier alpha value is -1.49. The van der Waals surface area contributed by atoms with Gasteiger partial charge in [0.1, 0.15) is 11.9 Å². The van der Waals surface area contributed by atoms with E-state index in [-0.39, 0.29) is 17.5 Å². The topological polar surface area (TPSA) is 65.7 Å². The summed E-state index contributed by atoms with van der Waals surface area (Å²) in [6.07, 6.45) is 8.36. The molecule has 5 nitrogen and oxygen atoms in total. The van der Waals surface area contributed by atoms with E-state index in [2.05, 4.69) is 12.2 Å². The molecule has 2 fully saturated rings. The first-order valence-corrected chi connectivity index (χ1v) is 8.83. The van der Waals surface area contributed by atoms with Crippen molar-refractivity contribution in [2.24, 2.45) is 5.41 Å². The third-order valence-corrected chi connectivity index (χ3v) is 5.48.